The van der Waals surface area contributed by atoms with Crippen molar-refractivity contribution >= 4 is 12.0 Å². The topological polar surface area (TPSA) is 101 Å². The minimum absolute atomic E-state index is 0.111. The molecule has 2 amide bonds. The lowest BCUT2D eigenvalue weighted by molar-refractivity contribution is -0.137. The summed E-state index contributed by atoms with van der Waals surface area (Å²) in [5.74, 6) is 0.578. The third-order valence-corrected chi connectivity index (χ3v) is 3.81. The first-order valence-electron chi connectivity index (χ1n) is 9.05. The van der Waals surface area contributed by atoms with Crippen molar-refractivity contribution in [3.8, 4) is 17.4 Å². The quantitative estimate of drug-likeness (QED) is 0.649. The van der Waals surface area contributed by atoms with Crippen LogP contribution in [0.2, 0.25) is 0 Å². The minimum atomic E-state index is -0.952. The molecule has 2 N–H and O–H groups in total. The van der Waals surface area contributed by atoms with E-state index in [1.54, 1.807) is 31.4 Å². The van der Waals surface area contributed by atoms with Gasteiger partial charge in [0.15, 0.2) is 11.5 Å². The van der Waals surface area contributed by atoms with Crippen molar-refractivity contribution in [1.82, 2.24) is 15.2 Å². The standard InChI is InChI=1S/C20H25N3O5/c1-3-13-27-16-8-4-5-9-17(16)28-19-15(7-6-11-21-19)14-22-20(26)23(2)12-10-18(24)25/h4-9,11H,3,10,12-14H2,1-2H3,(H,22,26)(H,24,25). The highest BCUT2D eigenvalue weighted by atomic mass is 16.5. The first-order valence-corrected chi connectivity index (χ1v) is 9.05. The Morgan fingerprint density at radius 3 is 2.64 bits per heavy atom. The number of pyridine rings is 1. The molecule has 28 heavy (non-hydrogen) atoms. The van der Waals surface area contributed by atoms with Gasteiger partial charge in [-0.2, -0.15) is 0 Å². The predicted octanol–water partition coefficient (Wildman–Crippen LogP) is 3.28. The van der Waals surface area contributed by atoms with Crippen LogP contribution >= 0.6 is 0 Å². The number of carboxylic acids is 1. The molecule has 150 valence electrons. The molecule has 0 saturated carbocycles. The Hall–Kier alpha value is -3.29. The van der Waals surface area contributed by atoms with Crippen molar-refractivity contribution in [1.29, 1.82) is 0 Å². The second-order valence-corrected chi connectivity index (χ2v) is 6.09. The van der Waals surface area contributed by atoms with E-state index in [1.165, 1.54) is 4.90 Å². The number of hydrogen-bond donors (Lipinski definition) is 2. The predicted molar refractivity (Wildman–Crippen MR) is 104 cm³/mol. The molecule has 0 spiro atoms. The maximum atomic E-state index is 12.1. The maximum Gasteiger partial charge on any atom is 0.317 e. The number of nitrogens with one attached hydrogen (secondary N) is 1. The Morgan fingerprint density at radius 1 is 1.18 bits per heavy atom. The van der Waals surface area contributed by atoms with E-state index in [2.05, 4.69) is 10.3 Å². The smallest absolute Gasteiger partial charge is 0.317 e. The van der Waals surface area contributed by atoms with Gasteiger partial charge in [-0.3, -0.25) is 4.79 Å². The molecule has 0 aliphatic heterocycles. The molecule has 0 saturated heterocycles. The highest BCUT2D eigenvalue weighted by Crippen LogP contribution is 2.31. The average molecular weight is 387 g/mol. The summed E-state index contributed by atoms with van der Waals surface area (Å²) in [7, 11) is 1.54. The van der Waals surface area contributed by atoms with Crippen LogP contribution in [0.4, 0.5) is 4.79 Å². The molecule has 0 radical (unpaired) electrons. The van der Waals surface area contributed by atoms with Gasteiger partial charge in [-0.15, -0.1) is 0 Å². The van der Waals surface area contributed by atoms with Crippen LogP contribution in [0.25, 0.3) is 0 Å². The van der Waals surface area contributed by atoms with Crippen LogP contribution in [0, 0.1) is 0 Å². The molecular formula is C20H25N3O5. The number of urea groups is 1. The number of hydrogen-bond acceptors (Lipinski definition) is 5. The van der Waals surface area contributed by atoms with Gasteiger partial charge >= 0.3 is 12.0 Å². The Bertz CT molecular complexity index is 797. The summed E-state index contributed by atoms with van der Waals surface area (Å²) in [5.41, 5.74) is 0.688. The molecule has 1 heterocycles. The number of aromatic nitrogens is 1. The van der Waals surface area contributed by atoms with E-state index < -0.39 is 5.97 Å². The minimum Gasteiger partial charge on any atom is -0.490 e. The number of carboxylic acid groups (broad SMARTS) is 1. The molecule has 0 fully saturated rings. The fourth-order valence-electron chi connectivity index (χ4n) is 2.29. The van der Waals surface area contributed by atoms with Crippen LogP contribution in [-0.2, 0) is 11.3 Å². The van der Waals surface area contributed by atoms with Crippen LogP contribution in [-0.4, -0.2) is 47.2 Å². The Balaban J connectivity index is 2.03. The molecule has 2 aromatic rings. The third-order valence-electron chi connectivity index (χ3n) is 3.81. The van der Waals surface area contributed by atoms with E-state index in [0.29, 0.717) is 29.5 Å². The van der Waals surface area contributed by atoms with Gasteiger partial charge in [0.25, 0.3) is 0 Å². The molecule has 0 aliphatic carbocycles. The summed E-state index contributed by atoms with van der Waals surface area (Å²) in [6, 6.07) is 10.5. The van der Waals surface area contributed by atoms with E-state index in [0.717, 1.165) is 6.42 Å². The number of carbonyl (C=O) groups is 2. The third kappa shape index (κ3) is 6.46. The maximum absolute atomic E-state index is 12.1. The molecule has 8 heteroatoms. The normalized spacial score (nSPS) is 10.2. The van der Waals surface area contributed by atoms with Gasteiger partial charge in [0.1, 0.15) is 0 Å². The summed E-state index contributed by atoms with van der Waals surface area (Å²) in [6.07, 6.45) is 2.37. The van der Waals surface area contributed by atoms with E-state index in [9.17, 15) is 9.59 Å². The second-order valence-electron chi connectivity index (χ2n) is 6.09. The van der Waals surface area contributed by atoms with Gasteiger partial charge in [0.2, 0.25) is 5.88 Å². The number of benzene rings is 1. The number of para-hydroxylation sites is 2. The van der Waals surface area contributed by atoms with Crippen LogP contribution < -0.4 is 14.8 Å². The molecule has 1 aromatic heterocycles. The monoisotopic (exact) mass is 387 g/mol. The molecule has 1 aromatic carbocycles. The van der Waals surface area contributed by atoms with E-state index in [1.807, 2.05) is 25.1 Å². The van der Waals surface area contributed by atoms with Crippen LogP contribution in [0.3, 0.4) is 0 Å². The highest BCUT2D eigenvalue weighted by molar-refractivity contribution is 5.75. The molecule has 0 atom stereocenters. The number of amides is 2. The number of carbonyl (C=O) groups excluding carboxylic acids is 1. The van der Waals surface area contributed by atoms with Gasteiger partial charge in [-0.05, 0) is 24.6 Å². The number of rotatable bonds is 10. The number of ether oxygens (including phenoxy) is 2. The Labute approximate surface area is 164 Å². The van der Waals surface area contributed by atoms with Gasteiger partial charge in [0, 0.05) is 31.9 Å². The first-order chi connectivity index (χ1) is 13.5. The second kappa shape index (κ2) is 10.8. The molecule has 2 rings (SSSR count). The zero-order valence-electron chi connectivity index (χ0n) is 16.1. The van der Waals surface area contributed by atoms with Crippen molar-refractivity contribution in [2.45, 2.75) is 26.3 Å². The summed E-state index contributed by atoms with van der Waals surface area (Å²) in [6.45, 7) is 2.92. The zero-order valence-corrected chi connectivity index (χ0v) is 16.1. The molecule has 8 nitrogen and oxygen atoms in total. The number of nitrogens with zero attached hydrogens (tertiary/aromatic N) is 2. The van der Waals surface area contributed by atoms with Crippen molar-refractivity contribution < 1.29 is 24.2 Å². The average Bonchev–Trinajstić information content (AvgIpc) is 2.70. The fraction of sp³-hybridized carbons (Fsp3) is 0.350. The van der Waals surface area contributed by atoms with Crippen molar-refractivity contribution in [3.05, 3.63) is 48.2 Å². The molecule has 0 unspecified atom stereocenters. The highest BCUT2D eigenvalue weighted by Gasteiger charge is 2.13. The first kappa shape index (κ1) is 21.0. The van der Waals surface area contributed by atoms with Crippen LogP contribution in [0.5, 0.6) is 17.4 Å². The summed E-state index contributed by atoms with van der Waals surface area (Å²) in [5, 5.41) is 11.5. The molecule has 0 bridgehead atoms. The summed E-state index contributed by atoms with van der Waals surface area (Å²) >= 11 is 0. The lowest BCUT2D eigenvalue weighted by Gasteiger charge is -2.18. The lowest BCUT2D eigenvalue weighted by atomic mass is 10.2. The van der Waals surface area contributed by atoms with Gasteiger partial charge < -0.3 is 24.8 Å². The number of aliphatic carboxylic acids is 1. The SMILES string of the molecule is CCCOc1ccccc1Oc1ncccc1CNC(=O)N(C)CCC(=O)O. The Morgan fingerprint density at radius 2 is 1.93 bits per heavy atom. The van der Waals surface area contributed by atoms with E-state index >= 15 is 0 Å². The zero-order chi connectivity index (χ0) is 20.4. The van der Waals surface area contributed by atoms with Crippen molar-refractivity contribution in [2.24, 2.45) is 0 Å². The summed E-state index contributed by atoms with van der Waals surface area (Å²) < 4.78 is 11.6. The van der Waals surface area contributed by atoms with Crippen molar-refractivity contribution in [3.63, 3.8) is 0 Å². The molecular weight excluding hydrogens is 362 g/mol. The van der Waals surface area contributed by atoms with Crippen LogP contribution in [0.1, 0.15) is 25.3 Å². The lowest BCUT2D eigenvalue weighted by Crippen LogP contribution is -2.38. The van der Waals surface area contributed by atoms with Gasteiger partial charge in [-0.1, -0.05) is 25.1 Å². The Kier molecular flexibility index (Phi) is 8.08. The van der Waals surface area contributed by atoms with E-state index in [4.69, 9.17) is 14.6 Å². The molecule has 0 aliphatic rings. The summed E-state index contributed by atoms with van der Waals surface area (Å²) in [4.78, 5) is 28.3. The van der Waals surface area contributed by atoms with Crippen LogP contribution in [0.15, 0.2) is 42.6 Å². The van der Waals surface area contributed by atoms with Gasteiger partial charge in [-0.25, -0.2) is 9.78 Å². The van der Waals surface area contributed by atoms with E-state index in [-0.39, 0.29) is 25.5 Å². The van der Waals surface area contributed by atoms with Crippen molar-refractivity contribution in [2.75, 3.05) is 20.2 Å². The largest absolute Gasteiger partial charge is 0.490 e. The fourth-order valence-corrected chi connectivity index (χ4v) is 2.29. The van der Waals surface area contributed by atoms with Gasteiger partial charge in [0.05, 0.1) is 13.0 Å².